The minimum Gasteiger partial charge on any atom is -0.316 e. The molecule has 0 aliphatic heterocycles. The quantitative estimate of drug-likeness (QED) is 0.786. The Labute approximate surface area is 106 Å². The minimum atomic E-state index is 0.731. The molecule has 1 aliphatic carbocycles. The second-order valence-corrected chi connectivity index (χ2v) is 5.85. The highest BCUT2D eigenvalue weighted by atomic mass is 14.9. The third kappa shape index (κ3) is 3.57. The molecule has 1 atom stereocenters. The molecule has 0 saturated heterocycles. The number of hydrogen-bond acceptors (Lipinski definition) is 1. The van der Waals surface area contributed by atoms with Gasteiger partial charge in [0.2, 0.25) is 0 Å². The third-order valence-electron chi connectivity index (χ3n) is 3.70. The van der Waals surface area contributed by atoms with Gasteiger partial charge in [-0.25, -0.2) is 0 Å². The van der Waals surface area contributed by atoms with E-state index in [2.05, 4.69) is 50.4 Å². The molecule has 0 heterocycles. The van der Waals surface area contributed by atoms with E-state index in [0.717, 1.165) is 30.8 Å². The molecule has 1 aromatic rings. The first-order valence-corrected chi connectivity index (χ1v) is 6.94. The van der Waals surface area contributed by atoms with E-state index >= 15 is 0 Å². The maximum absolute atomic E-state index is 3.63. The molecule has 2 rings (SSSR count). The Hall–Kier alpha value is -0.820. The monoisotopic (exact) mass is 231 g/mol. The summed E-state index contributed by atoms with van der Waals surface area (Å²) in [7, 11) is 0. The lowest BCUT2D eigenvalue weighted by atomic mass is 9.90. The van der Waals surface area contributed by atoms with Crippen LogP contribution in [-0.4, -0.2) is 13.1 Å². The van der Waals surface area contributed by atoms with Crippen LogP contribution in [0.15, 0.2) is 24.3 Å². The Morgan fingerprint density at radius 2 is 1.88 bits per heavy atom. The van der Waals surface area contributed by atoms with E-state index in [1.165, 1.54) is 18.4 Å². The van der Waals surface area contributed by atoms with E-state index in [0.29, 0.717) is 0 Å². The van der Waals surface area contributed by atoms with Crippen LogP contribution < -0.4 is 5.32 Å². The Balaban J connectivity index is 2.00. The van der Waals surface area contributed by atoms with Gasteiger partial charge in [-0.3, -0.25) is 0 Å². The summed E-state index contributed by atoms with van der Waals surface area (Å²) in [5.74, 6) is 2.40. The molecule has 0 aromatic heterocycles. The van der Waals surface area contributed by atoms with Crippen molar-refractivity contribution >= 4 is 0 Å². The van der Waals surface area contributed by atoms with Crippen molar-refractivity contribution in [3.05, 3.63) is 35.4 Å². The zero-order chi connectivity index (χ0) is 12.3. The number of nitrogens with one attached hydrogen (secondary N) is 1. The maximum atomic E-state index is 3.63. The Morgan fingerprint density at radius 3 is 2.47 bits per heavy atom. The molecule has 17 heavy (non-hydrogen) atoms. The van der Waals surface area contributed by atoms with Crippen LogP contribution in [0.4, 0.5) is 0 Å². The number of aryl methyl sites for hydroxylation is 1. The highest BCUT2D eigenvalue weighted by Gasteiger charge is 2.32. The molecular weight excluding hydrogens is 206 g/mol. The van der Waals surface area contributed by atoms with E-state index in [1.54, 1.807) is 5.56 Å². The molecule has 0 bridgehead atoms. The van der Waals surface area contributed by atoms with E-state index in [9.17, 15) is 0 Å². The van der Waals surface area contributed by atoms with E-state index < -0.39 is 0 Å². The van der Waals surface area contributed by atoms with Crippen molar-refractivity contribution in [3.8, 4) is 0 Å². The molecule has 0 spiro atoms. The largest absolute Gasteiger partial charge is 0.316 e. The third-order valence-corrected chi connectivity index (χ3v) is 3.70. The summed E-state index contributed by atoms with van der Waals surface area (Å²) in [6, 6.07) is 8.88. The van der Waals surface area contributed by atoms with Gasteiger partial charge in [0.25, 0.3) is 0 Å². The summed E-state index contributed by atoms with van der Waals surface area (Å²) in [5, 5.41) is 3.63. The highest BCUT2D eigenvalue weighted by Crippen LogP contribution is 2.43. The van der Waals surface area contributed by atoms with Crippen molar-refractivity contribution in [2.75, 3.05) is 13.1 Å². The fourth-order valence-electron chi connectivity index (χ4n) is 2.56. The summed E-state index contributed by atoms with van der Waals surface area (Å²) < 4.78 is 0. The summed E-state index contributed by atoms with van der Waals surface area (Å²) in [6.07, 6.45) is 2.84. The smallest absolute Gasteiger partial charge is 0.00230 e. The van der Waals surface area contributed by atoms with Crippen molar-refractivity contribution in [3.63, 3.8) is 0 Å². The SMILES string of the molecule is Cc1ccccc1C(CNCC(C)C)C1CC1. The first-order chi connectivity index (χ1) is 8.18. The standard InChI is InChI=1S/C16H25N/c1-12(2)10-17-11-16(14-8-9-14)15-7-5-4-6-13(15)3/h4-7,12,14,16-17H,8-11H2,1-3H3. The highest BCUT2D eigenvalue weighted by molar-refractivity contribution is 5.30. The van der Waals surface area contributed by atoms with Gasteiger partial charge in [0.1, 0.15) is 0 Å². The van der Waals surface area contributed by atoms with Crippen LogP contribution in [0.2, 0.25) is 0 Å². The van der Waals surface area contributed by atoms with Gasteiger partial charge in [0.15, 0.2) is 0 Å². The van der Waals surface area contributed by atoms with E-state index in [4.69, 9.17) is 0 Å². The van der Waals surface area contributed by atoms with Gasteiger partial charge >= 0.3 is 0 Å². The lowest BCUT2D eigenvalue weighted by Gasteiger charge is -2.20. The normalized spacial score (nSPS) is 17.4. The fourth-order valence-corrected chi connectivity index (χ4v) is 2.56. The van der Waals surface area contributed by atoms with Crippen LogP contribution >= 0.6 is 0 Å². The Bertz CT molecular complexity index is 352. The van der Waals surface area contributed by atoms with Crippen LogP contribution in [0.3, 0.4) is 0 Å². The van der Waals surface area contributed by atoms with Crippen molar-refractivity contribution in [1.29, 1.82) is 0 Å². The molecular formula is C16H25N. The molecule has 1 aromatic carbocycles. The fraction of sp³-hybridized carbons (Fsp3) is 0.625. The zero-order valence-electron chi connectivity index (χ0n) is 11.4. The molecule has 1 fully saturated rings. The first-order valence-electron chi connectivity index (χ1n) is 6.94. The predicted molar refractivity (Wildman–Crippen MR) is 74.4 cm³/mol. The van der Waals surface area contributed by atoms with E-state index in [1.807, 2.05) is 0 Å². The van der Waals surface area contributed by atoms with Gasteiger partial charge < -0.3 is 5.32 Å². The average molecular weight is 231 g/mol. The average Bonchev–Trinajstić information content (AvgIpc) is 3.09. The summed E-state index contributed by atoms with van der Waals surface area (Å²) in [4.78, 5) is 0. The van der Waals surface area contributed by atoms with Crippen LogP contribution in [0.1, 0.15) is 43.7 Å². The van der Waals surface area contributed by atoms with Gasteiger partial charge in [-0.15, -0.1) is 0 Å². The molecule has 1 unspecified atom stereocenters. The Morgan fingerprint density at radius 1 is 1.18 bits per heavy atom. The van der Waals surface area contributed by atoms with Gasteiger partial charge in [0.05, 0.1) is 0 Å². The lowest BCUT2D eigenvalue weighted by molar-refractivity contribution is 0.490. The van der Waals surface area contributed by atoms with Crippen molar-refractivity contribution in [1.82, 2.24) is 5.32 Å². The zero-order valence-corrected chi connectivity index (χ0v) is 11.4. The maximum Gasteiger partial charge on any atom is 0.00230 e. The second-order valence-electron chi connectivity index (χ2n) is 5.85. The van der Waals surface area contributed by atoms with Crippen LogP contribution in [0, 0.1) is 18.8 Å². The summed E-state index contributed by atoms with van der Waals surface area (Å²) in [6.45, 7) is 9.07. The van der Waals surface area contributed by atoms with Crippen molar-refractivity contribution < 1.29 is 0 Å². The minimum absolute atomic E-state index is 0.731. The molecule has 0 radical (unpaired) electrons. The number of hydrogen-bond donors (Lipinski definition) is 1. The first kappa shape index (κ1) is 12.6. The van der Waals surface area contributed by atoms with E-state index in [-0.39, 0.29) is 0 Å². The topological polar surface area (TPSA) is 12.0 Å². The van der Waals surface area contributed by atoms with Gasteiger partial charge in [-0.05, 0) is 55.2 Å². The molecule has 94 valence electrons. The molecule has 1 nitrogen and oxygen atoms in total. The van der Waals surface area contributed by atoms with Gasteiger partial charge in [-0.1, -0.05) is 38.1 Å². The van der Waals surface area contributed by atoms with Crippen LogP contribution in [0.5, 0.6) is 0 Å². The van der Waals surface area contributed by atoms with Crippen LogP contribution in [-0.2, 0) is 0 Å². The molecule has 1 N–H and O–H groups in total. The summed E-state index contributed by atoms with van der Waals surface area (Å²) in [5.41, 5.74) is 3.02. The molecule has 1 aliphatic rings. The second kappa shape index (κ2) is 5.68. The molecule has 1 saturated carbocycles. The van der Waals surface area contributed by atoms with Crippen molar-refractivity contribution in [2.24, 2.45) is 11.8 Å². The van der Waals surface area contributed by atoms with Gasteiger partial charge in [-0.2, -0.15) is 0 Å². The summed E-state index contributed by atoms with van der Waals surface area (Å²) >= 11 is 0. The molecule has 1 heteroatoms. The lowest BCUT2D eigenvalue weighted by Crippen LogP contribution is -2.26. The molecule has 0 amide bonds. The van der Waals surface area contributed by atoms with Crippen LogP contribution in [0.25, 0.3) is 0 Å². The van der Waals surface area contributed by atoms with Crippen molar-refractivity contribution in [2.45, 2.75) is 39.5 Å². The number of rotatable bonds is 6. The van der Waals surface area contributed by atoms with Gasteiger partial charge in [0, 0.05) is 6.54 Å². The Kier molecular flexibility index (Phi) is 4.22. The predicted octanol–water partition coefficient (Wildman–Crippen LogP) is 3.73. The number of benzene rings is 1.